The number of hydrogen-bond donors (Lipinski definition) is 1. The molecule has 3 rings (SSSR count). The summed E-state index contributed by atoms with van der Waals surface area (Å²) in [6.07, 6.45) is 0. The van der Waals surface area contributed by atoms with Gasteiger partial charge in [-0.2, -0.15) is 0 Å². The molecule has 1 saturated heterocycles. The molecule has 2 aromatic rings. The highest BCUT2D eigenvalue weighted by atomic mass is 16.5. The van der Waals surface area contributed by atoms with Gasteiger partial charge >= 0.3 is 5.97 Å². The Morgan fingerprint density at radius 3 is 2.68 bits per heavy atom. The molecule has 1 N–H and O–H groups in total. The summed E-state index contributed by atoms with van der Waals surface area (Å²) < 4.78 is 5.20. The summed E-state index contributed by atoms with van der Waals surface area (Å²) in [4.78, 5) is 15.7. The van der Waals surface area contributed by atoms with E-state index in [1.165, 1.54) is 6.07 Å². The average molecular weight is 301 g/mol. The van der Waals surface area contributed by atoms with Crippen LogP contribution in [0.1, 0.15) is 16.1 Å². The molecule has 1 aliphatic rings. The number of likely N-dealkylation sites (N-methyl/N-ethyl adjacent to an activating group) is 1. The van der Waals surface area contributed by atoms with Crippen molar-refractivity contribution >= 4 is 5.97 Å². The molecule has 0 unspecified atom stereocenters. The molecule has 1 aromatic carbocycles. The van der Waals surface area contributed by atoms with Gasteiger partial charge in [-0.05, 0) is 12.6 Å². The van der Waals surface area contributed by atoms with Crippen molar-refractivity contribution in [1.82, 2.24) is 15.0 Å². The second kappa shape index (κ2) is 6.29. The first-order valence-electron chi connectivity index (χ1n) is 7.32. The number of benzene rings is 1. The largest absolute Gasteiger partial charge is 0.476 e. The van der Waals surface area contributed by atoms with Gasteiger partial charge in [0, 0.05) is 44.4 Å². The molecular weight excluding hydrogens is 282 g/mol. The molecule has 6 nitrogen and oxygen atoms in total. The van der Waals surface area contributed by atoms with Crippen molar-refractivity contribution in [1.29, 1.82) is 0 Å². The minimum absolute atomic E-state index is 0.0654. The number of carboxylic acid groups (broad SMARTS) is 1. The van der Waals surface area contributed by atoms with Crippen LogP contribution in [0.25, 0.3) is 11.3 Å². The molecule has 116 valence electrons. The molecular formula is C16H19N3O3. The van der Waals surface area contributed by atoms with E-state index in [4.69, 9.17) is 9.63 Å². The Balaban J connectivity index is 1.81. The van der Waals surface area contributed by atoms with Gasteiger partial charge in [-0.3, -0.25) is 4.90 Å². The molecule has 1 aromatic heterocycles. The molecule has 22 heavy (non-hydrogen) atoms. The van der Waals surface area contributed by atoms with Gasteiger partial charge in [-0.15, -0.1) is 0 Å². The molecule has 0 spiro atoms. The van der Waals surface area contributed by atoms with Gasteiger partial charge in [0.05, 0.1) is 0 Å². The van der Waals surface area contributed by atoms with Crippen molar-refractivity contribution in [2.45, 2.75) is 6.54 Å². The summed E-state index contributed by atoms with van der Waals surface area (Å²) in [6, 6.07) is 9.38. The normalized spacial score (nSPS) is 16.8. The van der Waals surface area contributed by atoms with E-state index >= 15 is 0 Å². The van der Waals surface area contributed by atoms with Crippen LogP contribution >= 0.6 is 0 Å². The maximum Gasteiger partial charge on any atom is 0.358 e. The Kier molecular flexibility index (Phi) is 4.22. The van der Waals surface area contributed by atoms with E-state index < -0.39 is 5.97 Å². The molecule has 0 saturated carbocycles. The number of aromatic nitrogens is 1. The second-order valence-corrected chi connectivity index (χ2v) is 5.62. The maximum atomic E-state index is 10.9. The predicted molar refractivity (Wildman–Crippen MR) is 81.7 cm³/mol. The molecule has 0 atom stereocenters. The summed E-state index contributed by atoms with van der Waals surface area (Å²) in [5.41, 5.74) is 1.96. The van der Waals surface area contributed by atoms with E-state index in [0.29, 0.717) is 5.76 Å². The summed E-state index contributed by atoms with van der Waals surface area (Å²) in [5.74, 6) is -0.575. The summed E-state index contributed by atoms with van der Waals surface area (Å²) >= 11 is 0. The van der Waals surface area contributed by atoms with Gasteiger partial charge < -0.3 is 14.5 Å². The van der Waals surface area contributed by atoms with Crippen LogP contribution < -0.4 is 0 Å². The fourth-order valence-corrected chi connectivity index (χ4v) is 2.65. The van der Waals surface area contributed by atoms with Crippen LogP contribution in [0.3, 0.4) is 0 Å². The third-order valence-electron chi connectivity index (χ3n) is 4.00. The molecule has 0 aliphatic carbocycles. The fourth-order valence-electron chi connectivity index (χ4n) is 2.65. The number of carboxylic acids is 1. The third-order valence-corrected chi connectivity index (χ3v) is 4.00. The first-order chi connectivity index (χ1) is 10.6. The van der Waals surface area contributed by atoms with Gasteiger partial charge in [0.15, 0.2) is 11.5 Å². The van der Waals surface area contributed by atoms with Crippen molar-refractivity contribution < 1.29 is 14.4 Å². The van der Waals surface area contributed by atoms with Crippen LogP contribution in [0.5, 0.6) is 0 Å². The monoisotopic (exact) mass is 301 g/mol. The Bertz CT molecular complexity index is 660. The Labute approximate surface area is 128 Å². The smallest absolute Gasteiger partial charge is 0.358 e. The van der Waals surface area contributed by atoms with E-state index in [1.807, 2.05) is 18.2 Å². The van der Waals surface area contributed by atoms with Crippen LogP contribution in [0.4, 0.5) is 0 Å². The first-order valence-corrected chi connectivity index (χ1v) is 7.32. The summed E-state index contributed by atoms with van der Waals surface area (Å²) in [6.45, 7) is 5.01. The zero-order valence-corrected chi connectivity index (χ0v) is 12.5. The lowest BCUT2D eigenvalue weighted by Gasteiger charge is -2.32. The molecule has 2 heterocycles. The number of hydrogen-bond acceptors (Lipinski definition) is 5. The van der Waals surface area contributed by atoms with E-state index in [9.17, 15) is 4.79 Å². The van der Waals surface area contributed by atoms with Gasteiger partial charge in [0.2, 0.25) is 0 Å². The Morgan fingerprint density at radius 1 is 1.27 bits per heavy atom. The number of carbonyl (C=O) groups is 1. The lowest BCUT2D eigenvalue weighted by molar-refractivity contribution is 0.0686. The zero-order valence-electron chi connectivity index (χ0n) is 12.5. The number of piperazine rings is 1. The average Bonchev–Trinajstić information content (AvgIpc) is 3.00. The molecule has 1 fully saturated rings. The zero-order chi connectivity index (χ0) is 15.5. The van der Waals surface area contributed by atoms with E-state index in [2.05, 4.69) is 28.1 Å². The van der Waals surface area contributed by atoms with Crippen LogP contribution in [0.2, 0.25) is 0 Å². The minimum atomic E-state index is -1.08. The fraction of sp³-hybridized carbons (Fsp3) is 0.375. The highest BCUT2D eigenvalue weighted by Crippen LogP contribution is 2.26. The lowest BCUT2D eigenvalue weighted by atomic mass is 10.0. The van der Waals surface area contributed by atoms with Crippen LogP contribution in [0.15, 0.2) is 34.9 Å². The Hall–Kier alpha value is -2.18. The van der Waals surface area contributed by atoms with Gasteiger partial charge in [-0.25, -0.2) is 4.79 Å². The van der Waals surface area contributed by atoms with E-state index in [1.54, 1.807) is 0 Å². The van der Waals surface area contributed by atoms with Crippen LogP contribution in [0, 0.1) is 0 Å². The topological polar surface area (TPSA) is 69.8 Å². The summed E-state index contributed by atoms with van der Waals surface area (Å²) in [5, 5.41) is 12.6. The molecule has 0 bridgehead atoms. The van der Waals surface area contributed by atoms with Crippen molar-refractivity contribution in [3.63, 3.8) is 0 Å². The molecule has 0 amide bonds. The number of aromatic carboxylic acids is 1. The van der Waals surface area contributed by atoms with Gasteiger partial charge in [-0.1, -0.05) is 29.4 Å². The number of nitrogens with zero attached hydrogens (tertiary/aromatic N) is 3. The summed E-state index contributed by atoms with van der Waals surface area (Å²) in [7, 11) is 2.13. The predicted octanol–water partition coefficient (Wildman–Crippen LogP) is 1.79. The van der Waals surface area contributed by atoms with Crippen molar-refractivity contribution in [2.75, 3.05) is 33.2 Å². The SMILES string of the molecule is CN1CCN(Cc2ccccc2-c2cc(C(=O)O)no2)CC1. The third kappa shape index (κ3) is 3.18. The van der Waals surface area contributed by atoms with Gasteiger partial charge in [0.25, 0.3) is 0 Å². The first kappa shape index (κ1) is 14.7. The van der Waals surface area contributed by atoms with Crippen LogP contribution in [-0.4, -0.2) is 59.3 Å². The maximum absolute atomic E-state index is 10.9. The quantitative estimate of drug-likeness (QED) is 0.928. The van der Waals surface area contributed by atoms with Crippen molar-refractivity contribution in [3.8, 4) is 11.3 Å². The second-order valence-electron chi connectivity index (χ2n) is 5.62. The molecule has 6 heteroatoms. The van der Waals surface area contributed by atoms with Crippen LogP contribution in [-0.2, 0) is 6.54 Å². The Morgan fingerprint density at radius 2 is 2.00 bits per heavy atom. The minimum Gasteiger partial charge on any atom is -0.476 e. The van der Waals surface area contributed by atoms with Crippen molar-refractivity contribution in [3.05, 3.63) is 41.6 Å². The highest BCUT2D eigenvalue weighted by Gasteiger charge is 2.18. The van der Waals surface area contributed by atoms with E-state index in [-0.39, 0.29) is 5.69 Å². The van der Waals surface area contributed by atoms with Gasteiger partial charge in [0.1, 0.15) is 0 Å². The standard InChI is InChI=1S/C16H19N3O3/c1-18-6-8-19(9-7-18)11-12-4-2-3-5-13(12)15-10-14(16(20)21)17-22-15/h2-5,10H,6-9,11H2,1H3,(H,20,21). The molecule has 0 radical (unpaired) electrons. The molecule has 1 aliphatic heterocycles. The van der Waals surface area contributed by atoms with E-state index in [0.717, 1.165) is 43.9 Å². The highest BCUT2D eigenvalue weighted by molar-refractivity contribution is 5.86. The van der Waals surface area contributed by atoms with Crippen molar-refractivity contribution in [2.24, 2.45) is 0 Å². The number of rotatable bonds is 4. The lowest BCUT2D eigenvalue weighted by Crippen LogP contribution is -2.43.